The largest absolute Gasteiger partial charge is 0.0897 e. The van der Waals surface area contributed by atoms with E-state index in [9.17, 15) is 0 Å². The van der Waals surface area contributed by atoms with Crippen LogP contribution in [0.25, 0.3) is 0 Å². The highest BCUT2D eigenvalue weighted by Gasteiger charge is 1.61. The van der Waals surface area contributed by atoms with Crippen LogP contribution in [0.1, 0.15) is 13.3 Å². The van der Waals surface area contributed by atoms with Gasteiger partial charge in [0.1, 0.15) is 0 Å². The second-order valence-electron chi connectivity index (χ2n) is 1.05. The average molecular weight is 101 g/mol. The fourth-order valence-corrected chi connectivity index (χ4v) is 0.371. The molecule has 0 N–H and O–H groups in total. The van der Waals surface area contributed by atoms with Gasteiger partial charge in [-0.05, 0) is 6.42 Å². The minimum absolute atomic E-state index is 0.758. The standard InChI is InChI=1S/C5H9S/c1-2-3-4-5-6/h3-4H,2,5H2,1H3. The molecule has 0 fully saturated rings. The Balaban J connectivity index is 2.73. The molecule has 0 aromatic heterocycles. The second kappa shape index (κ2) is 5.09. The van der Waals surface area contributed by atoms with E-state index in [1.54, 1.807) is 0 Å². The van der Waals surface area contributed by atoms with Crippen LogP contribution in [0, 0.1) is 0 Å². The topological polar surface area (TPSA) is 0 Å². The van der Waals surface area contributed by atoms with E-state index in [1.807, 2.05) is 6.08 Å². The van der Waals surface area contributed by atoms with E-state index >= 15 is 0 Å². The molecule has 0 saturated carbocycles. The van der Waals surface area contributed by atoms with Gasteiger partial charge >= 0.3 is 0 Å². The van der Waals surface area contributed by atoms with Crippen LogP contribution in [0.4, 0.5) is 0 Å². The quantitative estimate of drug-likeness (QED) is 0.467. The highest BCUT2D eigenvalue weighted by Crippen LogP contribution is 1.79. The summed E-state index contributed by atoms with van der Waals surface area (Å²) in [7, 11) is 0. The molecule has 0 heterocycles. The summed E-state index contributed by atoms with van der Waals surface area (Å²) < 4.78 is 0. The summed E-state index contributed by atoms with van der Waals surface area (Å²) >= 11 is 4.63. The molecular formula is C5H9S. The summed E-state index contributed by atoms with van der Waals surface area (Å²) in [5, 5.41) is 0. The van der Waals surface area contributed by atoms with E-state index in [4.69, 9.17) is 0 Å². The molecule has 0 aliphatic rings. The minimum Gasteiger partial charge on any atom is -0.0897 e. The van der Waals surface area contributed by atoms with Crippen molar-refractivity contribution in [3.63, 3.8) is 0 Å². The molecular weight excluding hydrogens is 92.1 g/mol. The lowest BCUT2D eigenvalue weighted by Gasteiger charge is -1.71. The molecule has 1 radical (unpaired) electrons. The van der Waals surface area contributed by atoms with Crippen LogP contribution in [0.3, 0.4) is 0 Å². The fraction of sp³-hybridized carbons (Fsp3) is 0.600. The molecule has 0 unspecified atom stereocenters. The first-order valence-electron chi connectivity index (χ1n) is 2.15. The Morgan fingerprint density at radius 3 is 2.33 bits per heavy atom. The van der Waals surface area contributed by atoms with Crippen molar-refractivity contribution < 1.29 is 0 Å². The molecule has 0 aliphatic carbocycles. The molecule has 0 aliphatic heterocycles. The van der Waals surface area contributed by atoms with E-state index in [0.29, 0.717) is 0 Å². The first-order chi connectivity index (χ1) is 2.91. The van der Waals surface area contributed by atoms with Crippen molar-refractivity contribution in [2.45, 2.75) is 13.3 Å². The number of hydrogen-bond acceptors (Lipinski definition) is 0. The SMILES string of the molecule is CCC=CC[S]. The highest BCUT2D eigenvalue weighted by molar-refractivity contribution is 7.80. The molecule has 0 bridgehead atoms. The first kappa shape index (κ1) is 6.09. The van der Waals surface area contributed by atoms with Crippen molar-refractivity contribution in [2.24, 2.45) is 0 Å². The van der Waals surface area contributed by atoms with E-state index in [0.717, 1.165) is 12.2 Å². The van der Waals surface area contributed by atoms with Gasteiger partial charge in [-0.15, -0.1) is 0 Å². The Kier molecular flexibility index (Phi) is 5.17. The lowest BCUT2D eigenvalue weighted by atomic mass is 10.4. The Morgan fingerprint density at radius 1 is 1.50 bits per heavy atom. The van der Waals surface area contributed by atoms with Gasteiger partial charge in [-0.1, -0.05) is 31.7 Å². The molecule has 0 amide bonds. The van der Waals surface area contributed by atoms with Gasteiger partial charge < -0.3 is 0 Å². The third kappa shape index (κ3) is 4.09. The zero-order chi connectivity index (χ0) is 4.83. The van der Waals surface area contributed by atoms with E-state index < -0.39 is 0 Å². The van der Waals surface area contributed by atoms with E-state index in [-0.39, 0.29) is 0 Å². The maximum atomic E-state index is 4.63. The van der Waals surface area contributed by atoms with Crippen LogP contribution in [0.2, 0.25) is 0 Å². The summed E-state index contributed by atoms with van der Waals surface area (Å²) in [6.45, 7) is 2.10. The summed E-state index contributed by atoms with van der Waals surface area (Å²) in [5.41, 5.74) is 0. The molecule has 0 rings (SSSR count). The van der Waals surface area contributed by atoms with Crippen LogP contribution in [0.5, 0.6) is 0 Å². The third-order valence-electron chi connectivity index (χ3n) is 0.499. The lowest BCUT2D eigenvalue weighted by Crippen LogP contribution is -1.56. The Morgan fingerprint density at radius 2 is 2.17 bits per heavy atom. The van der Waals surface area contributed by atoms with Crippen molar-refractivity contribution in [1.29, 1.82) is 0 Å². The second-order valence-corrected chi connectivity index (χ2v) is 1.38. The zero-order valence-electron chi connectivity index (χ0n) is 3.98. The maximum absolute atomic E-state index is 4.63. The predicted molar refractivity (Wildman–Crippen MR) is 31.9 cm³/mol. The first-order valence-corrected chi connectivity index (χ1v) is 2.72. The number of hydrogen-bond donors (Lipinski definition) is 0. The summed E-state index contributed by atoms with van der Waals surface area (Å²) in [4.78, 5) is 0. The molecule has 0 spiro atoms. The van der Waals surface area contributed by atoms with Crippen LogP contribution in [-0.2, 0) is 0 Å². The monoisotopic (exact) mass is 101 g/mol. The van der Waals surface area contributed by atoms with Gasteiger partial charge in [0.05, 0.1) is 0 Å². The Hall–Kier alpha value is 0.0900. The highest BCUT2D eigenvalue weighted by atomic mass is 32.1. The van der Waals surface area contributed by atoms with Gasteiger partial charge in [0, 0.05) is 5.75 Å². The smallest absolute Gasteiger partial charge is 0.0217 e. The van der Waals surface area contributed by atoms with E-state index in [1.165, 1.54) is 0 Å². The summed E-state index contributed by atoms with van der Waals surface area (Å²) in [6.07, 6.45) is 5.18. The molecule has 0 aromatic rings. The molecule has 6 heavy (non-hydrogen) atoms. The Bertz CT molecular complexity index is 33.2. The van der Waals surface area contributed by atoms with Crippen LogP contribution >= 0.6 is 12.6 Å². The number of rotatable bonds is 2. The average Bonchev–Trinajstić information content (AvgIpc) is 1.61. The molecule has 0 atom stereocenters. The molecule has 0 saturated heterocycles. The van der Waals surface area contributed by atoms with Gasteiger partial charge in [-0.3, -0.25) is 0 Å². The maximum Gasteiger partial charge on any atom is 0.0217 e. The molecule has 0 aromatic carbocycles. The lowest BCUT2D eigenvalue weighted by molar-refractivity contribution is 1.22. The van der Waals surface area contributed by atoms with Crippen molar-refractivity contribution >= 4 is 12.6 Å². The van der Waals surface area contributed by atoms with Crippen LogP contribution < -0.4 is 0 Å². The molecule has 1 heteroatoms. The van der Waals surface area contributed by atoms with Crippen molar-refractivity contribution in [3.8, 4) is 0 Å². The normalized spacial score (nSPS) is 10.3. The molecule has 35 valence electrons. The van der Waals surface area contributed by atoms with Crippen molar-refractivity contribution in [3.05, 3.63) is 12.2 Å². The van der Waals surface area contributed by atoms with Crippen LogP contribution in [0.15, 0.2) is 12.2 Å². The number of allylic oxidation sites excluding steroid dienone is 1. The van der Waals surface area contributed by atoms with Crippen molar-refractivity contribution in [1.82, 2.24) is 0 Å². The van der Waals surface area contributed by atoms with Gasteiger partial charge in [0.25, 0.3) is 0 Å². The third-order valence-corrected chi connectivity index (χ3v) is 0.691. The van der Waals surface area contributed by atoms with Gasteiger partial charge in [-0.25, -0.2) is 0 Å². The summed E-state index contributed by atoms with van der Waals surface area (Å²) in [5.74, 6) is 0.758. The Labute approximate surface area is 44.7 Å². The predicted octanol–water partition coefficient (Wildman–Crippen LogP) is 2.15. The fourth-order valence-electron chi connectivity index (χ4n) is 0.235. The minimum atomic E-state index is 0.758. The molecule has 0 nitrogen and oxygen atoms in total. The van der Waals surface area contributed by atoms with Gasteiger partial charge in [0.2, 0.25) is 0 Å². The zero-order valence-corrected chi connectivity index (χ0v) is 4.79. The van der Waals surface area contributed by atoms with Crippen molar-refractivity contribution in [2.75, 3.05) is 5.75 Å². The van der Waals surface area contributed by atoms with Gasteiger partial charge in [0.15, 0.2) is 0 Å². The van der Waals surface area contributed by atoms with E-state index in [2.05, 4.69) is 25.6 Å². The van der Waals surface area contributed by atoms with Crippen LogP contribution in [-0.4, -0.2) is 5.75 Å². The summed E-state index contributed by atoms with van der Waals surface area (Å²) in [6, 6.07) is 0. The van der Waals surface area contributed by atoms with Gasteiger partial charge in [-0.2, -0.15) is 0 Å².